The molecule has 180 valence electrons. The molecule has 7 nitrogen and oxygen atoms in total. The van der Waals surface area contributed by atoms with Crippen molar-refractivity contribution in [2.24, 2.45) is 10.7 Å². The van der Waals surface area contributed by atoms with E-state index >= 15 is 0 Å². The van der Waals surface area contributed by atoms with Crippen LogP contribution < -0.4 is 15.8 Å². The monoisotopic (exact) mass is 573 g/mol. The Morgan fingerprint density at radius 1 is 1.03 bits per heavy atom. The Balaban J connectivity index is 0.00000324. The SMILES string of the molecule is CN=C(NCc1cccc(OCC(N)=O)c1)N1CCN(Cc2cccc3ccccc23)CC1.I. The zero-order chi connectivity index (χ0) is 23.0. The summed E-state index contributed by atoms with van der Waals surface area (Å²) in [7, 11) is 1.82. The maximum atomic E-state index is 10.9. The van der Waals surface area contributed by atoms with Gasteiger partial charge in [0.25, 0.3) is 5.91 Å². The van der Waals surface area contributed by atoms with E-state index in [2.05, 4.69) is 62.6 Å². The van der Waals surface area contributed by atoms with Crippen LogP contribution in [0.2, 0.25) is 0 Å². The minimum atomic E-state index is -0.487. The Hall–Kier alpha value is -2.85. The molecule has 0 radical (unpaired) electrons. The molecule has 1 amide bonds. The van der Waals surface area contributed by atoms with Crippen LogP contribution in [-0.4, -0.2) is 61.5 Å². The Labute approximate surface area is 218 Å². The fourth-order valence-corrected chi connectivity index (χ4v) is 4.20. The van der Waals surface area contributed by atoms with Crippen LogP contribution in [0.15, 0.2) is 71.7 Å². The fraction of sp³-hybridized carbons (Fsp3) is 0.308. The first kappa shape index (κ1) is 25.8. The van der Waals surface area contributed by atoms with Gasteiger partial charge in [0.05, 0.1) is 0 Å². The predicted octanol–water partition coefficient (Wildman–Crippen LogP) is 3.22. The number of hydrogen-bond donors (Lipinski definition) is 2. The lowest BCUT2D eigenvalue weighted by Gasteiger charge is -2.36. The molecule has 0 unspecified atom stereocenters. The number of benzene rings is 3. The summed E-state index contributed by atoms with van der Waals surface area (Å²) in [5, 5.41) is 6.08. The highest BCUT2D eigenvalue weighted by Gasteiger charge is 2.20. The van der Waals surface area contributed by atoms with Gasteiger partial charge in [0.1, 0.15) is 5.75 Å². The van der Waals surface area contributed by atoms with E-state index in [9.17, 15) is 4.79 Å². The van der Waals surface area contributed by atoms with Gasteiger partial charge in [0.15, 0.2) is 12.6 Å². The highest BCUT2D eigenvalue weighted by atomic mass is 127. The molecule has 0 bridgehead atoms. The summed E-state index contributed by atoms with van der Waals surface area (Å²) < 4.78 is 5.40. The first-order chi connectivity index (χ1) is 16.1. The van der Waals surface area contributed by atoms with Gasteiger partial charge in [-0.05, 0) is 34.0 Å². The molecule has 0 aromatic heterocycles. The van der Waals surface area contributed by atoms with Crippen LogP contribution in [0.1, 0.15) is 11.1 Å². The van der Waals surface area contributed by atoms with E-state index in [4.69, 9.17) is 10.5 Å². The van der Waals surface area contributed by atoms with Gasteiger partial charge in [-0.2, -0.15) is 0 Å². The number of halogens is 1. The normalized spacial score (nSPS) is 14.5. The van der Waals surface area contributed by atoms with Crippen molar-refractivity contribution in [1.82, 2.24) is 15.1 Å². The van der Waals surface area contributed by atoms with Crippen molar-refractivity contribution in [3.63, 3.8) is 0 Å². The molecule has 3 N–H and O–H groups in total. The van der Waals surface area contributed by atoms with Gasteiger partial charge in [0, 0.05) is 46.3 Å². The fourth-order valence-electron chi connectivity index (χ4n) is 4.20. The molecule has 1 fully saturated rings. The van der Waals surface area contributed by atoms with Crippen LogP contribution in [0.25, 0.3) is 10.8 Å². The average Bonchev–Trinajstić information content (AvgIpc) is 2.84. The van der Waals surface area contributed by atoms with Gasteiger partial charge in [-0.15, -0.1) is 24.0 Å². The maximum Gasteiger partial charge on any atom is 0.255 e. The predicted molar refractivity (Wildman–Crippen MR) is 148 cm³/mol. The number of carbonyl (C=O) groups is 1. The zero-order valence-electron chi connectivity index (χ0n) is 19.4. The molecular weight excluding hydrogens is 541 g/mol. The minimum Gasteiger partial charge on any atom is -0.484 e. The Morgan fingerprint density at radius 3 is 2.53 bits per heavy atom. The van der Waals surface area contributed by atoms with E-state index < -0.39 is 5.91 Å². The van der Waals surface area contributed by atoms with E-state index in [-0.39, 0.29) is 30.6 Å². The second-order valence-electron chi connectivity index (χ2n) is 8.20. The molecule has 8 heteroatoms. The summed E-state index contributed by atoms with van der Waals surface area (Å²) in [6.45, 7) is 5.27. The number of primary amides is 1. The molecule has 3 aromatic carbocycles. The zero-order valence-corrected chi connectivity index (χ0v) is 21.8. The Bertz CT molecular complexity index is 1120. The van der Waals surface area contributed by atoms with Crippen molar-refractivity contribution in [3.05, 3.63) is 77.9 Å². The molecule has 1 aliphatic heterocycles. The third-order valence-electron chi connectivity index (χ3n) is 5.89. The standard InChI is InChI=1S/C26H31N5O2.HI/c1-28-26(29-17-20-6-4-10-23(16-20)33-19-25(27)32)31-14-12-30(13-15-31)18-22-9-5-8-21-7-2-3-11-24(21)22;/h2-11,16H,12-15,17-19H2,1H3,(H2,27,32)(H,28,29);1H. The second-order valence-corrected chi connectivity index (χ2v) is 8.20. The van der Waals surface area contributed by atoms with Gasteiger partial charge in [-0.3, -0.25) is 14.7 Å². The van der Waals surface area contributed by atoms with Crippen molar-refractivity contribution in [2.45, 2.75) is 13.1 Å². The molecule has 1 saturated heterocycles. The molecule has 1 heterocycles. The summed E-state index contributed by atoms with van der Waals surface area (Å²) >= 11 is 0. The molecule has 0 aliphatic carbocycles. The Morgan fingerprint density at radius 2 is 1.76 bits per heavy atom. The first-order valence-electron chi connectivity index (χ1n) is 11.3. The first-order valence-corrected chi connectivity index (χ1v) is 11.3. The summed E-state index contributed by atoms with van der Waals surface area (Å²) in [5.41, 5.74) is 7.58. The largest absolute Gasteiger partial charge is 0.484 e. The number of ether oxygens (including phenoxy) is 1. The van der Waals surface area contributed by atoms with Crippen LogP contribution >= 0.6 is 24.0 Å². The van der Waals surface area contributed by atoms with Crippen molar-refractivity contribution in [2.75, 3.05) is 39.8 Å². The molecule has 1 aliphatic rings. The maximum absolute atomic E-state index is 10.9. The van der Waals surface area contributed by atoms with Crippen LogP contribution in [-0.2, 0) is 17.9 Å². The molecule has 0 saturated carbocycles. The third-order valence-corrected chi connectivity index (χ3v) is 5.89. The summed E-state index contributed by atoms with van der Waals surface area (Å²) in [4.78, 5) is 20.2. The summed E-state index contributed by atoms with van der Waals surface area (Å²) in [5.74, 6) is 1.03. The van der Waals surface area contributed by atoms with Crippen LogP contribution in [0.3, 0.4) is 0 Å². The van der Waals surface area contributed by atoms with E-state index in [0.29, 0.717) is 12.3 Å². The highest BCUT2D eigenvalue weighted by Crippen LogP contribution is 2.20. The molecule has 34 heavy (non-hydrogen) atoms. The van der Waals surface area contributed by atoms with E-state index in [1.807, 2.05) is 31.3 Å². The topological polar surface area (TPSA) is 83.2 Å². The van der Waals surface area contributed by atoms with Crippen molar-refractivity contribution < 1.29 is 9.53 Å². The number of nitrogens with two attached hydrogens (primary N) is 1. The van der Waals surface area contributed by atoms with Gasteiger partial charge < -0.3 is 20.7 Å². The molecule has 0 spiro atoms. The van der Waals surface area contributed by atoms with Crippen LogP contribution in [0.4, 0.5) is 0 Å². The van der Waals surface area contributed by atoms with Crippen molar-refractivity contribution in [3.8, 4) is 5.75 Å². The summed E-state index contributed by atoms with van der Waals surface area (Å²) in [6.07, 6.45) is 0. The van der Waals surface area contributed by atoms with Gasteiger partial charge >= 0.3 is 0 Å². The van der Waals surface area contributed by atoms with Gasteiger partial charge in [0.2, 0.25) is 0 Å². The van der Waals surface area contributed by atoms with E-state index in [1.165, 1.54) is 16.3 Å². The number of guanidine groups is 1. The Kier molecular flexibility index (Phi) is 9.52. The molecule has 4 rings (SSSR count). The lowest BCUT2D eigenvalue weighted by molar-refractivity contribution is -0.119. The smallest absolute Gasteiger partial charge is 0.255 e. The van der Waals surface area contributed by atoms with Crippen molar-refractivity contribution in [1.29, 1.82) is 0 Å². The number of carbonyl (C=O) groups excluding carboxylic acids is 1. The van der Waals surface area contributed by atoms with Gasteiger partial charge in [-0.25, -0.2) is 0 Å². The number of rotatable bonds is 7. The lowest BCUT2D eigenvalue weighted by Crippen LogP contribution is -2.52. The number of fused-ring (bicyclic) bond motifs is 1. The van der Waals surface area contributed by atoms with E-state index in [1.54, 1.807) is 0 Å². The molecular formula is C26H32IN5O2. The van der Waals surface area contributed by atoms with Crippen molar-refractivity contribution >= 4 is 46.6 Å². The highest BCUT2D eigenvalue weighted by molar-refractivity contribution is 14.0. The van der Waals surface area contributed by atoms with Crippen LogP contribution in [0.5, 0.6) is 5.75 Å². The third kappa shape index (κ3) is 6.83. The van der Waals surface area contributed by atoms with Gasteiger partial charge in [-0.1, -0.05) is 54.6 Å². The number of nitrogens with one attached hydrogen (secondary N) is 1. The average molecular weight is 573 g/mol. The quantitative estimate of drug-likeness (QED) is 0.258. The number of hydrogen-bond acceptors (Lipinski definition) is 4. The number of piperazine rings is 1. The minimum absolute atomic E-state index is 0. The lowest BCUT2D eigenvalue weighted by atomic mass is 10.0. The number of amides is 1. The number of nitrogens with zero attached hydrogens (tertiary/aromatic N) is 3. The number of aliphatic imine (C=N–C) groups is 1. The van der Waals surface area contributed by atoms with Crippen LogP contribution in [0, 0.1) is 0 Å². The molecule has 3 aromatic rings. The molecule has 0 atom stereocenters. The second kappa shape index (κ2) is 12.6. The van der Waals surface area contributed by atoms with E-state index in [0.717, 1.165) is 44.2 Å². The summed E-state index contributed by atoms with van der Waals surface area (Å²) in [6, 6.07) is 22.8.